The highest BCUT2D eigenvalue weighted by Crippen LogP contribution is 2.27. The van der Waals surface area contributed by atoms with Crippen molar-refractivity contribution in [1.82, 2.24) is 0 Å². The number of ether oxygens (including phenoxy) is 1. The minimum absolute atomic E-state index is 0.0725. The van der Waals surface area contributed by atoms with Crippen LogP contribution in [0.15, 0.2) is 36.4 Å². The van der Waals surface area contributed by atoms with Gasteiger partial charge in [0.15, 0.2) is 11.5 Å². The SMILES string of the molecule is COc1cc(CCNc2ccc(C)cc2[N+](=O)[O-])ccc1O. The highest BCUT2D eigenvalue weighted by molar-refractivity contribution is 5.62. The minimum atomic E-state index is -0.390. The van der Waals surface area contributed by atoms with Crippen LogP contribution in [0.2, 0.25) is 0 Å². The van der Waals surface area contributed by atoms with Crippen LogP contribution in [0, 0.1) is 17.0 Å². The minimum Gasteiger partial charge on any atom is -0.504 e. The Balaban J connectivity index is 2.04. The van der Waals surface area contributed by atoms with Gasteiger partial charge >= 0.3 is 0 Å². The quantitative estimate of drug-likeness (QED) is 0.632. The van der Waals surface area contributed by atoms with E-state index in [1.807, 2.05) is 13.0 Å². The van der Waals surface area contributed by atoms with Crippen molar-refractivity contribution < 1.29 is 14.8 Å². The lowest BCUT2D eigenvalue weighted by Gasteiger charge is -2.09. The predicted molar refractivity (Wildman–Crippen MR) is 84.7 cm³/mol. The molecule has 2 aromatic carbocycles. The molecule has 0 fully saturated rings. The third-order valence-electron chi connectivity index (χ3n) is 3.32. The summed E-state index contributed by atoms with van der Waals surface area (Å²) in [4.78, 5) is 10.7. The van der Waals surface area contributed by atoms with Crippen molar-refractivity contribution in [2.45, 2.75) is 13.3 Å². The van der Waals surface area contributed by atoms with E-state index in [4.69, 9.17) is 4.74 Å². The normalized spacial score (nSPS) is 10.3. The second-order valence-electron chi connectivity index (χ2n) is 4.96. The molecule has 0 spiro atoms. The molecule has 0 aromatic heterocycles. The molecule has 0 radical (unpaired) electrons. The van der Waals surface area contributed by atoms with Gasteiger partial charge in [-0.2, -0.15) is 0 Å². The van der Waals surface area contributed by atoms with E-state index < -0.39 is 0 Å². The van der Waals surface area contributed by atoms with Crippen molar-refractivity contribution in [3.8, 4) is 11.5 Å². The van der Waals surface area contributed by atoms with Crippen molar-refractivity contribution in [2.24, 2.45) is 0 Å². The summed E-state index contributed by atoms with van der Waals surface area (Å²) in [5.41, 5.74) is 2.39. The average molecular weight is 302 g/mol. The smallest absolute Gasteiger partial charge is 0.292 e. The summed E-state index contributed by atoms with van der Waals surface area (Å²) in [5.74, 6) is 0.507. The van der Waals surface area contributed by atoms with Crippen LogP contribution in [0.1, 0.15) is 11.1 Å². The zero-order valence-electron chi connectivity index (χ0n) is 12.5. The number of hydrogen-bond donors (Lipinski definition) is 2. The molecule has 0 atom stereocenters. The Morgan fingerprint density at radius 1 is 1.27 bits per heavy atom. The van der Waals surface area contributed by atoms with Gasteiger partial charge < -0.3 is 15.2 Å². The van der Waals surface area contributed by atoms with Crippen molar-refractivity contribution in [3.05, 3.63) is 57.6 Å². The van der Waals surface area contributed by atoms with Crippen molar-refractivity contribution in [3.63, 3.8) is 0 Å². The number of hydrogen-bond acceptors (Lipinski definition) is 5. The fourth-order valence-electron chi connectivity index (χ4n) is 2.16. The molecule has 0 aliphatic rings. The maximum atomic E-state index is 11.0. The average Bonchev–Trinajstić information content (AvgIpc) is 2.50. The number of phenols is 1. The Labute approximate surface area is 128 Å². The summed E-state index contributed by atoms with van der Waals surface area (Å²) in [6.45, 7) is 2.36. The number of aryl methyl sites for hydroxylation is 1. The Bertz CT molecular complexity index is 686. The second kappa shape index (κ2) is 6.80. The van der Waals surface area contributed by atoms with Gasteiger partial charge in [-0.15, -0.1) is 0 Å². The fourth-order valence-corrected chi connectivity index (χ4v) is 2.16. The number of nitrogens with zero attached hydrogens (tertiary/aromatic N) is 1. The summed E-state index contributed by atoms with van der Waals surface area (Å²) in [6, 6.07) is 10.2. The van der Waals surface area contributed by atoms with Gasteiger partial charge in [0.25, 0.3) is 5.69 Å². The maximum absolute atomic E-state index is 11.0. The first-order valence-corrected chi connectivity index (χ1v) is 6.86. The van der Waals surface area contributed by atoms with Crippen molar-refractivity contribution in [1.29, 1.82) is 0 Å². The Hall–Kier alpha value is -2.76. The Morgan fingerprint density at radius 2 is 2.05 bits per heavy atom. The first kappa shape index (κ1) is 15.6. The summed E-state index contributed by atoms with van der Waals surface area (Å²) in [7, 11) is 1.49. The molecule has 0 unspecified atom stereocenters. The maximum Gasteiger partial charge on any atom is 0.292 e. The molecular formula is C16H18N2O4. The molecular weight excluding hydrogens is 284 g/mol. The monoisotopic (exact) mass is 302 g/mol. The summed E-state index contributed by atoms with van der Waals surface area (Å²) < 4.78 is 5.05. The molecule has 0 amide bonds. The highest BCUT2D eigenvalue weighted by atomic mass is 16.6. The van der Waals surface area contributed by atoms with Crippen LogP contribution in [0.4, 0.5) is 11.4 Å². The number of methoxy groups -OCH3 is 1. The van der Waals surface area contributed by atoms with Gasteiger partial charge in [-0.1, -0.05) is 12.1 Å². The number of nitro benzene ring substituents is 1. The lowest BCUT2D eigenvalue weighted by atomic mass is 10.1. The molecule has 2 N–H and O–H groups in total. The molecule has 2 aromatic rings. The van der Waals surface area contributed by atoms with E-state index in [0.29, 0.717) is 24.4 Å². The molecule has 0 aliphatic carbocycles. The third kappa shape index (κ3) is 3.66. The molecule has 2 rings (SSSR count). The van der Waals surface area contributed by atoms with Gasteiger partial charge in [0.1, 0.15) is 5.69 Å². The zero-order valence-corrected chi connectivity index (χ0v) is 12.5. The van der Waals surface area contributed by atoms with Crippen LogP contribution in [-0.4, -0.2) is 23.7 Å². The van der Waals surface area contributed by atoms with Crippen LogP contribution >= 0.6 is 0 Å². The van der Waals surface area contributed by atoms with Crippen LogP contribution in [0.5, 0.6) is 11.5 Å². The van der Waals surface area contributed by atoms with Crippen LogP contribution in [-0.2, 0) is 6.42 Å². The topological polar surface area (TPSA) is 84.6 Å². The standard InChI is InChI=1S/C16H18N2O4/c1-11-3-5-13(14(9-11)18(20)21)17-8-7-12-4-6-15(19)16(10-12)22-2/h3-6,9-10,17,19H,7-8H2,1-2H3. The second-order valence-corrected chi connectivity index (χ2v) is 4.96. The summed E-state index contributed by atoms with van der Waals surface area (Å²) in [6.07, 6.45) is 0.654. The Kier molecular flexibility index (Phi) is 4.83. The number of nitro groups is 1. The van der Waals surface area contributed by atoms with Gasteiger partial charge in [0.05, 0.1) is 12.0 Å². The number of rotatable bonds is 6. The van der Waals surface area contributed by atoms with Crippen LogP contribution in [0.3, 0.4) is 0 Å². The molecule has 0 saturated carbocycles. The van der Waals surface area contributed by atoms with Crippen molar-refractivity contribution >= 4 is 11.4 Å². The third-order valence-corrected chi connectivity index (χ3v) is 3.32. The molecule has 0 saturated heterocycles. The number of nitrogens with one attached hydrogen (secondary N) is 1. The predicted octanol–water partition coefficient (Wildman–Crippen LogP) is 3.27. The first-order chi connectivity index (χ1) is 10.5. The molecule has 116 valence electrons. The molecule has 0 aliphatic heterocycles. The number of benzene rings is 2. The molecule has 22 heavy (non-hydrogen) atoms. The lowest BCUT2D eigenvalue weighted by Crippen LogP contribution is -2.07. The molecule has 6 nitrogen and oxygen atoms in total. The first-order valence-electron chi connectivity index (χ1n) is 6.86. The molecule has 6 heteroatoms. The van der Waals surface area contributed by atoms with E-state index in [2.05, 4.69) is 5.32 Å². The van der Waals surface area contributed by atoms with Gasteiger partial charge in [-0.05, 0) is 42.7 Å². The number of phenolic OH excluding ortho intramolecular Hbond substituents is 1. The summed E-state index contributed by atoms with van der Waals surface area (Å²) in [5, 5.41) is 23.7. The molecule has 0 bridgehead atoms. The Morgan fingerprint density at radius 3 is 2.73 bits per heavy atom. The van der Waals surface area contributed by atoms with E-state index >= 15 is 0 Å². The zero-order chi connectivity index (χ0) is 16.1. The lowest BCUT2D eigenvalue weighted by molar-refractivity contribution is -0.384. The fraction of sp³-hybridized carbons (Fsp3) is 0.250. The van der Waals surface area contributed by atoms with Crippen LogP contribution < -0.4 is 10.1 Å². The van der Waals surface area contributed by atoms with Gasteiger partial charge in [0, 0.05) is 12.6 Å². The largest absolute Gasteiger partial charge is 0.504 e. The van der Waals surface area contributed by atoms with Gasteiger partial charge in [0.2, 0.25) is 0 Å². The van der Waals surface area contributed by atoms with E-state index in [1.54, 1.807) is 30.3 Å². The number of anilines is 1. The van der Waals surface area contributed by atoms with Gasteiger partial charge in [-0.3, -0.25) is 10.1 Å². The van der Waals surface area contributed by atoms with E-state index in [-0.39, 0.29) is 16.4 Å². The molecule has 0 heterocycles. The van der Waals surface area contributed by atoms with Gasteiger partial charge in [-0.25, -0.2) is 0 Å². The number of aromatic hydroxyl groups is 1. The van der Waals surface area contributed by atoms with Crippen molar-refractivity contribution in [2.75, 3.05) is 19.0 Å². The summed E-state index contributed by atoms with van der Waals surface area (Å²) >= 11 is 0. The van der Waals surface area contributed by atoms with E-state index in [1.165, 1.54) is 7.11 Å². The van der Waals surface area contributed by atoms with E-state index in [9.17, 15) is 15.2 Å². The van der Waals surface area contributed by atoms with Crippen LogP contribution in [0.25, 0.3) is 0 Å². The van der Waals surface area contributed by atoms with E-state index in [0.717, 1.165) is 11.1 Å². The highest BCUT2D eigenvalue weighted by Gasteiger charge is 2.13.